The van der Waals surface area contributed by atoms with Crippen molar-refractivity contribution in [1.82, 2.24) is 4.90 Å². The second-order valence-electron chi connectivity index (χ2n) is 6.63. The number of rotatable bonds is 5. The second kappa shape index (κ2) is 7.56. The number of benzene rings is 3. The van der Waals surface area contributed by atoms with Gasteiger partial charge in [-0.05, 0) is 34.5 Å². The highest BCUT2D eigenvalue weighted by molar-refractivity contribution is 5.86. The zero-order chi connectivity index (χ0) is 19.5. The molecule has 5 heteroatoms. The van der Waals surface area contributed by atoms with Gasteiger partial charge in [0.25, 0.3) is 5.91 Å². The van der Waals surface area contributed by atoms with Gasteiger partial charge in [-0.3, -0.25) is 4.79 Å². The van der Waals surface area contributed by atoms with Crippen molar-refractivity contribution in [2.75, 3.05) is 13.7 Å². The van der Waals surface area contributed by atoms with E-state index < -0.39 is 5.63 Å². The third-order valence-corrected chi connectivity index (χ3v) is 4.67. The smallest absolute Gasteiger partial charge is 0.336 e. The predicted octanol–water partition coefficient (Wildman–Crippen LogP) is 3.98. The van der Waals surface area contributed by atoms with Crippen LogP contribution in [0.3, 0.4) is 0 Å². The lowest BCUT2D eigenvalue weighted by Gasteiger charge is -2.19. The molecule has 0 N–H and O–H groups in total. The molecule has 0 saturated carbocycles. The average molecular weight is 373 g/mol. The SMILES string of the molecule is CN(Cc1cccc2ccccc12)C(=O)COc1ccc2ccc(=O)oc2c1. The lowest BCUT2D eigenvalue weighted by molar-refractivity contribution is -0.132. The van der Waals surface area contributed by atoms with E-state index in [1.54, 1.807) is 36.2 Å². The molecule has 0 unspecified atom stereocenters. The maximum absolute atomic E-state index is 12.5. The number of hydrogen-bond donors (Lipinski definition) is 0. The van der Waals surface area contributed by atoms with Crippen LogP contribution in [-0.2, 0) is 11.3 Å². The van der Waals surface area contributed by atoms with Crippen LogP contribution in [0.15, 0.2) is 82.0 Å². The molecule has 4 aromatic rings. The van der Waals surface area contributed by atoms with Gasteiger partial charge < -0.3 is 14.1 Å². The van der Waals surface area contributed by atoms with Gasteiger partial charge in [-0.25, -0.2) is 4.79 Å². The first-order valence-corrected chi connectivity index (χ1v) is 8.97. The Morgan fingerprint density at radius 3 is 2.64 bits per heavy atom. The van der Waals surface area contributed by atoms with E-state index in [1.807, 2.05) is 24.3 Å². The first kappa shape index (κ1) is 17.8. The Labute approximate surface area is 161 Å². The van der Waals surface area contributed by atoms with Gasteiger partial charge in [0.2, 0.25) is 0 Å². The zero-order valence-electron chi connectivity index (χ0n) is 15.4. The first-order chi connectivity index (χ1) is 13.6. The van der Waals surface area contributed by atoms with Crippen LogP contribution >= 0.6 is 0 Å². The number of hydrogen-bond acceptors (Lipinski definition) is 4. The molecule has 0 spiro atoms. The summed E-state index contributed by atoms with van der Waals surface area (Å²) >= 11 is 0. The molecule has 0 saturated heterocycles. The molecule has 0 aliphatic carbocycles. The Morgan fingerprint density at radius 2 is 1.75 bits per heavy atom. The standard InChI is InChI=1S/C23H19NO4/c1-24(14-18-7-4-6-16-5-2-3-8-20(16)18)22(25)15-27-19-11-9-17-10-12-23(26)28-21(17)13-19/h2-13H,14-15H2,1H3. The second-order valence-corrected chi connectivity index (χ2v) is 6.63. The molecule has 0 radical (unpaired) electrons. The van der Waals surface area contributed by atoms with E-state index in [0.717, 1.165) is 21.7 Å². The van der Waals surface area contributed by atoms with E-state index in [1.165, 1.54) is 6.07 Å². The Bertz CT molecular complexity index is 1210. The largest absolute Gasteiger partial charge is 0.484 e. The zero-order valence-corrected chi connectivity index (χ0v) is 15.4. The van der Waals surface area contributed by atoms with Crippen molar-refractivity contribution in [2.24, 2.45) is 0 Å². The molecule has 28 heavy (non-hydrogen) atoms. The molecule has 0 fully saturated rings. The summed E-state index contributed by atoms with van der Waals surface area (Å²) in [5, 5.41) is 3.08. The van der Waals surface area contributed by atoms with E-state index in [-0.39, 0.29) is 12.5 Å². The molecule has 1 heterocycles. The van der Waals surface area contributed by atoms with Gasteiger partial charge in [0, 0.05) is 31.1 Å². The number of likely N-dealkylation sites (N-methyl/N-ethyl adjacent to an activating group) is 1. The van der Waals surface area contributed by atoms with Crippen LogP contribution < -0.4 is 10.4 Å². The fourth-order valence-corrected chi connectivity index (χ4v) is 3.16. The Hall–Kier alpha value is -3.60. The van der Waals surface area contributed by atoms with Crippen molar-refractivity contribution in [3.63, 3.8) is 0 Å². The van der Waals surface area contributed by atoms with Gasteiger partial charge in [0.1, 0.15) is 11.3 Å². The maximum atomic E-state index is 12.5. The van der Waals surface area contributed by atoms with Crippen LogP contribution in [0.4, 0.5) is 0 Å². The van der Waals surface area contributed by atoms with Gasteiger partial charge in [0.05, 0.1) is 0 Å². The fraction of sp³-hybridized carbons (Fsp3) is 0.130. The third-order valence-electron chi connectivity index (χ3n) is 4.67. The minimum atomic E-state index is -0.421. The molecule has 0 aliphatic heterocycles. The van der Waals surface area contributed by atoms with Crippen LogP contribution in [-0.4, -0.2) is 24.5 Å². The monoisotopic (exact) mass is 373 g/mol. The van der Waals surface area contributed by atoms with E-state index >= 15 is 0 Å². The van der Waals surface area contributed by atoms with Crippen molar-refractivity contribution in [1.29, 1.82) is 0 Å². The van der Waals surface area contributed by atoms with Gasteiger partial charge in [0.15, 0.2) is 6.61 Å². The lowest BCUT2D eigenvalue weighted by atomic mass is 10.0. The maximum Gasteiger partial charge on any atom is 0.336 e. The average Bonchev–Trinajstić information content (AvgIpc) is 2.72. The topological polar surface area (TPSA) is 59.8 Å². The van der Waals surface area contributed by atoms with Crippen LogP contribution in [0, 0.1) is 0 Å². The third kappa shape index (κ3) is 3.74. The minimum Gasteiger partial charge on any atom is -0.484 e. The molecule has 4 rings (SSSR count). The van der Waals surface area contributed by atoms with E-state index in [9.17, 15) is 9.59 Å². The molecule has 140 valence electrons. The van der Waals surface area contributed by atoms with E-state index in [0.29, 0.717) is 17.9 Å². The number of carbonyl (C=O) groups excluding carboxylic acids is 1. The highest BCUT2D eigenvalue weighted by Crippen LogP contribution is 2.21. The summed E-state index contributed by atoms with van der Waals surface area (Å²) in [5.41, 5.74) is 1.10. The molecule has 3 aromatic carbocycles. The van der Waals surface area contributed by atoms with Crippen molar-refractivity contribution >= 4 is 27.6 Å². The Balaban J connectivity index is 1.44. The van der Waals surface area contributed by atoms with E-state index in [4.69, 9.17) is 9.15 Å². The molecule has 5 nitrogen and oxygen atoms in total. The van der Waals surface area contributed by atoms with Crippen LogP contribution in [0.2, 0.25) is 0 Å². The molecule has 0 aliphatic rings. The summed E-state index contributed by atoms with van der Waals surface area (Å²) in [7, 11) is 1.76. The molecular weight excluding hydrogens is 354 g/mol. The molecule has 0 atom stereocenters. The van der Waals surface area contributed by atoms with Crippen LogP contribution in [0.5, 0.6) is 5.75 Å². The molecule has 1 amide bonds. The van der Waals surface area contributed by atoms with Gasteiger partial charge in [-0.1, -0.05) is 42.5 Å². The van der Waals surface area contributed by atoms with Gasteiger partial charge in [-0.2, -0.15) is 0 Å². The summed E-state index contributed by atoms with van der Waals surface area (Å²) in [6.45, 7) is 0.403. The Kier molecular flexibility index (Phi) is 4.81. The fourth-order valence-electron chi connectivity index (χ4n) is 3.16. The van der Waals surface area contributed by atoms with Gasteiger partial charge >= 0.3 is 5.63 Å². The van der Waals surface area contributed by atoms with Crippen molar-refractivity contribution in [3.8, 4) is 5.75 Å². The van der Waals surface area contributed by atoms with E-state index in [2.05, 4.69) is 18.2 Å². The minimum absolute atomic E-state index is 0.0934. The normalized spacial score (nSPS) is 10.9. The summed E-state index contributed by atoms with van der Waals surface area (Å²) in [6, 6.07) is 22.4. The van der Waals surface area contributed by atoms with Crippen molar-refractivity contribution in [3.05, 3.63) is 88.8 Å². The number of carbonyl (C=O) groups is 1. The number of amides is 1. The summed E-state index contributed by atoms with van der Waals surface area (Å²) in [4.78, 5) is 25.5. The highest BCUT2D eigenvalue weighted by atomic mass is 16.5. The summed E-state index contributed by atoms with van der Waals surface area (Å²) in [6.07, 6.45) is 0. The molecule has 0 bridgehead atoms. The number of ether oxygens (including phenoxy) is 1. The predicted molar refractivity (Wildman–Crippen MR) is 108 cm³/mol. The molecule has 1 aromatic heterocycles. The number of nitrogens with zero attached hydrogens (tertiary/aromatic N) is 1. The summed E-state index contributed by atoms with van der Waals surface area (Å²) < 4.78 is 10.8. The van der Waals surface area contributed by atoms with Crippen molar-refractivity contribution < 1.29 is 13.9 Å². The van der Waals surface area contributed by atoms with Crippen LogP contribution in [0.25, 0.3) is 21.7 Å². The van der Waals surface area contributed by atoms with Crippen molar-refractivity contribution in [2.45, 2.75) is 6.54 Å². The highest BCUT2D eigenvalue weighted by Gasteiger charge is 2.12. The summed E-state index contributed by atoms with van der Waals surface area (Å²) in [5.74, 6) is 0.344. The van der Waals surface area contributed by atoms with Gasteiger partial charge in [-0.15, -0.1) is 0 Å². The quantitative estimate of drug-likeness (QED) is 0.497. The Morgan fingerprint density at radius 1 is 0.964 bits per heavy atom. The first-order valence-electron chi connectivity index (χ1n) is 8.97. The lowest BCUT2D eigenvalue weighted by Crippen LogP contribution is -2.31. The number of fused-ring (bicyclic) bond motifs is 2. The molecular formula is C23H19NO4. The van der Waals surface area contributed by atoms with Crippen LogP contribution in [0.1, 0.15) is 5.56 Å².